The van der Waals surface area contributed by atoms with E-state index >= 15 is 0 Å². The molecule has 0 aliphatic carbocycles. The lowest BCUT2D eigenvalue weighted by atomic mass is 9.96. The second kappa shape index (κ2) is 6.72. The summed E-state index contributed by atoms with van der Waals surface area (Å²) < 4.78 is 5.33. The third kappa shape index (κ3) is 3.42. The highest BCUT2D eigenvalue weighted by molar-refractivity contribution is 5.28. The maximum absolute atomic E-state index is 5.33. The zero-order valence-corrected chi connectivity index (χ0v) is 12.5. The Labute approximate surface area is 126 Å². The molecule has 1 aromatic heterocycles. The monoisotopic (exact) mass is 282 g/mol. The van der Waals surface area contributed by atoms with Crippen molar-refractivity contribution in [3.63, 3.8) is 0 Å². The maximum Gasteiger partial charge on any atom is 0.119 e. The molecule has 0 spiro atoms. The predicted octanol–water partition coefficient (Wildman–Crippen LogP) is 3.82. The molecule has 3 nitrogen and oxygen atoms in total. The third-order valence-electron chi connectivity index (χ3n) is 4.20. The fourth-order valence-electron chi connectivity index (χ4n) is 3.14. The van der Waals surface area contributed by atoms with Gasteiger partial charge in [0.2, 0.25) is 0 Å². The first kappa shape index (κ1) is 14.1. The number of benzene rings is 1. The largest absolute Gasteiger partial charge is 0.497 e. The van der Waals surface area contributed by atoms with Crippen LogP contribution in [0, 0.1) is 0 Å². The Bertz CT molecular complexity index is 570. The Morgan fingerprint density at radius 1 is 1.24 bits per heavy atom. The standard InChI is InChI=1S/C18H22N2O/c1-21-17-8-4-6-15(12-17)14-20-11-3-2-9-18(20)16-7-5-10-19-13-16/h4-8,10,12-13,18H,2-3,9,11,14H2,1H3/t18-/m0/s1. The molecule has 0 N–H and O–H groups in total. The minimum atomic E-state index is 0.485. The molecule has 110 valence electrons. The van der Waals surface area contributed by atoms with Crippen LogP contribution in [-0.4, -0.2) is 23.5 Å². The van der Waals surface area contributed by atoms with Crippen molar-refractivity contribution in [1.29, 1.82) is 0 Å². The molecule has 2 aromatic rings. The predicted molar refractivity (Wildman–Crippen MR) is 84.2 cm³/mol. The lowest BCUT2D eigenvalue weighted by Gasteiger charge is -2.36. The lowest BCUT2D eigenvalue weighted by Crippen LogP contribution is -2.32. The maximum atomic E-state index is 5.33. The first-order valence-electron chi connectivity index (χ1n) is 7.64. The van der Waals surface area contributed by atoms with Crippen LogP contribution >= 0.6 is 0 Å². The van der Waals surface area contributed by atoms with Gasteiger partial charge in [-0.15, -0.1) is 0 Å². The zero-order valence-electron chi connectivity index (χ0n) is 12.5. The molecule has 1 aromatic carbocycles. The minimum Gasteiger partial charge on any atom is -0.497 e. The van der Waals surface area contributed by atoms with Gasteiger partial charge in [0.1, 0.15) is 5.75 Å². The van der Waals surface area contributed by atoms with Crippen molar-refractivity contribution >= 4 is 0 Å². The van der Waals surface area contributed by atoms with Gasteiger partial charge in [0, 0.05) is 25.0 Å². The van der Waals surface area contributed by atoms with Gasteiger partial charge >= 0.3 is 0 Å². The van der Waals surface area contributed by atoms with Gasteiger partial charge < -0.3 is 4.74 Å². The summed E-state index contributed by atoms with van der Waals surface area (Å²) in [5.74, 6) is 0.933. The average molecular weight is 282 g/mol. The van der Waals surface area contributed by atoms with Crippen LogP contribution in [0.4, 0.5) is 0 Å². The molecular weight excluding hydrogens is 260 g/mol. The van der Waals surface area contributed by atoms with Crippen LogP contribution in [0.3, 0.4) is 0 Å². The highest BCUT2D eigenvalue weighted by atomic mass is 16.5. The molecule has 1 fully saturated rings. The first-order chi connectivity index (χ1) is 10.4. The summed E-state index contributed by atoms with van der Waals surface area (Å²) in [5.41, 5.74) is 2.64. The van der Waals surface area contributed by atoms with Crippen molar-refractivity contribution in [2.75, 3.05) is 13.7 Å². The number of nitrogens with zero attached hydrogens (tertiary/aromatic N) is 2. The fourth-order valence-corrected chi connectivity index (χ4v) is 3.14. The number of hydrogen-bond acceptors (Lipinski definition) is 3. The van der Waals surface area contributed by atoms with E-state index in [0.29, 0.717) is 6.04 Å². The van der Waals surface area contributed by atoms with E-state index < -0.39 is 0 Å². The van der Waals surface area contributed by atoms with Gasteiger partial charge in [0.05, 0.1) is 7.11 Å². The van der Waals surface area contributed by atoms with E-state index in [1.54, 1.807) is 7.11 Å². The van der Waals surface area contributed by atoms with Crippen LogP contribution in [0.25, 0.3) is 0 Å². The summed E-state index contributed by atoms with van der Waals surface area (Å²) in [6.07, 6.45) is 7.65. The molecule has 1 saturated heterocycles. The number of piperidine rings is 1. The molecule has 0 bridgehead atoms. The first-order valence-corrected chi connectivity index (χ1v) is 7.64. The molecule has 0 radical (unpaired) electrons. The van der Waals surface area contributed by atoms with Gasteiger partial charge in [-0.05, 0) is 48.7 Å². The number of hydrogen-bond donors (Lipinski definition) is 0. The zero-order chi connectivity index (χ0) is 14.5. The highest BCUT2D eigenvalue weighted by Gasteiger charge is 2.24. The smallest absolute Gasteiger partial charge is 0.119 e. The average Bonchev–Trinajstić information content (AvgIpc) is 2.56. The molecule has 0 amide bonds. The molecule has 0 unspecified atom stereocenters. The number of methoxy groups -OCH3 is 1. The van der Waals surface area contributed by atoms with Gasteiger partial charge in [0.25, 0.3) is 0 Å². The van der Waals surface area contributed by atoms with E-state index in [4.69, 9.17) is 4.74 Å². The summed E-state index contributed by atoms with van der Waals surface area (Å²) in [6.45, 7) is 2.12. The van der Waals surface area contributed by atoms with Crippen molar-refractivity contribution in [3.05, 3.63) is 59.9 Å². The Balaban J connectivity index is 1.78. The summed E-state index contributed by atoms with van der Waals surface area (Å²) in [6, 6.07) is 13.1. The van der Waals surface area contributed by atoms with Crippen LogP contribution in [-0.2, 0) is 6.54 Å². The quantitative estimate of drug-likeness (QED) is 0.852. The Morgan fingerprint density at radius 3 is 3.00 bits per heavy atom. The topological polar surface area (TPSA) is 25.4 Å². The Hall–Kier alpha value is -1.87. The molecule has 1 aliphatic heterocycles. The van der Waals surface area contributed by atoms with Crippen LogP contribution in [0.15, 0.2) is 48.8 Å². The highest BCUT2D eigenvalue weighted by Crippen LogP contribution is 2.32. The van der Waals surface area contributed by atoms with Gasteiger partial charge in [-0.3, -0.25) is 9.88 Å². The number of pyridine rings is 1. The fraction of sp³-hybridized carbons (Fsp3) is 0.389. The molecular formula is C18H22N2O. The molecule has 1 atom stereocenters. The minimum absolute atomic E-state index is 0.485. The summed E-state index contributed by atoms with van der Waals surface area (Å²) in [7, 11) is 1.72. The number of aromatic nitrogens is 1. The molecule has 21 heavy (non-hydrogen) atoms. The van der Waals surface area contributed by atoms with Gasteiger partial charge in [-0.1, -0.05) is 24.6 Å². The van der Waals surface area contributed by atoms with Gasteiger partial charge in [0.15, 0.2) is 0 Å². The van der Waals surface area contributed by atoms with E-state index in [1.165, 1.54) is 30.4 Å². The second-order valence-electron chi connectivity index (χ2n) is 5.62. The van der Waals surface area contributed by atoms with Crippen molar-refractivity contribution < 1.29 is 4.74 Å². The van der Waals surface area contributed by atoms with E-state index in [1.807, 2.05) is 24.5 Å². The Morgan fingerprint density at radius 2 is 2.19 bits per heavy atom. The molecule has 2 heterocycles. The molecule has 3 rings (SSSR count). The lowest BCUT2D eigenvalue weighted by molar-refractivity contribution is 0.140. The van der Waals surface area contributed by atoms with Crippen molar-refractivity contribution in [2.24, 2.45) is 0 Å². The van der Waals surface area contributed by atoms with Crippen molar-refractivity contribution in [3.8, 4) is 5.75 Å². The summed E-state index contributed by atoms with van der Waals surface area (Å²) >= 11 is 0. The van der Waals surface area contributed by atoms with Crippen LogP contribution < -0.4 is 4.74 Å². The SMILES string of the molecule is COc1cccc(CN2CCCC[C@H]2c2cccnc2)c1. The van der Waals surface area contributed by atoms with Crippen LogP contribution in [0.1, 0.15) is 36.4 Å². The van der Waals surface area contributed by atoms with Crippen molar-refractivity contribution in [1.82, 2.24) is 9.88 Å². The number of rotatable bonds is 4. The van der Waals surface area contributed by atoms with Gasteiger partial charge in [-0.25, -0.2) is 0 Å². The molecule has 1 aliphatic rings. The van der Waals surface area contributed by atoms with E-state index in [9.17, 15) is 0 Å². The third-order valence-corrected chi connectivity index (χ3v) is 4.20. The van der Waals surface area contributed by atoms with Gasteiger partial charge in [-0.2, -0.15) is 0 Å². The van der Waals surface area contributed by atoms with Crippen LogP contribution in [0.5, 0.6) is 5.75 Å². The molecule has 0 saturated carbocycles. The normalized spacial score (nSPS) is 19.4. The van der Waals surface area contributed by atoms with Crippen LogP contribution in [0.2, 0.25) is 0 Å². The van der Waals surface area contributed by atoms with E-state index in [2.05, 4.69) is 34.1 Å². The van der Waals surface area contributed by atoms with E-state index in [-0.39, 0.29) is 0 Å². The Kier molecular flexibility index (Phi) is 4.51. The van der Waals surface area contributed by atoms with Crippen molar-refractivity contribution in [2.45, 2.75) is 31.8 Å². The second-order valence-corrected chi connectivity index (χ2v) is 5.62. The summed E-state index contributed by atoms with van der Waals surface area (Å²) in [5, 5.41) is 0. The molecule has 3 heteroatoms. The number of ether oxygens (including phenoxy) is 1. The van der Waals surface area contributed by atoms with E-state index in [0.717, 1.165) is 18.8 Å². The summed E-state index contributed by atoms with van der Waals surface area (Å²) in [4.78, 5) is 6.85. The number of likely N-dealkylation sites (tertiary alicyclic amines) is 1.